The second kappa shape index (κ2) is 5.80. The van der Waals surface area contributed by atoms with Crippen molar-refractivity contribution in [2.24, 2.45) is 0 Å². The Bertz CT molecular complexity index is 561. The third kappa shape index (κ3) is 2.90. The quantitative estimate of drug-likeness (QED) is 0.868. The van der Waals surface area contributed by atoms with Crippen molar-refractivity contribution in [3.8, 4) is 5.75 Å². The number of hydrogen-bond acceptors (Lipinski definition) is 4. The average Bonchev–Trinajstić information content (AvgIpc) is 2.86. The third-order valence-electron chi connectivity index (χ3n) is 3.13. The lowest BCUT2D eigenvalue weighted by molar-refractivity contribution is 0.244. The molecule has 0 fully saturated rings. The number of ether oxygens (including phenoxy) is 1. The van der Waals surface area contributed by atoms with Gasteiger partial charge in [0, 0.05) is 11.3 Å². The minimum atomic E-state index is -0.0720. The maximum absolute atomic E-state index is 8.95. The fourth-order valence-electron chi connectivity index (χ4n) is 2.12. The molecule has 0 amide bonds. The van der Waals surface area contributed by atoms with Gasteiger partial charge >= 0.3 is 0 Å². The number of nitrogens with one attached hydrogen (secondary N) is 1. The van der Waals surface area contributed by atoms with Crippen molar-refractivity contribution >= 4 is 5.69 Å². The van der Waals surface area contributed by atoms with E-state index in [9.17, 15) is 0 Å². The van der Waals surface area contributed by atoms with Crippen molar-refractivity contribution in [2.45, 2.75) is 27.0 Å². The van der Waals surface area contributed by atoms with Crippen LogP contribution in [0.15, 0.2) is 28.7 Å². The molecule has 0 saturated heterocycles. The number of methoxy groups -OCH3 is 1. The number of rotatable bonds is 5. The smallest absolute Gasteiger partial charge is 0.129 e. The molecule has 0 spiro atoms. The number of aliphatic hydroxyl groups excluding tert-OH is 1. The molecule has 4 heteroatoms. The highest BCUT2D eigenvalue weighted by Crippen LogP contribution is 2.29. The van der Waals surface area contributed by atoms with Crippen LogP contribution in [-0.4, -0.2) is 12.2 Å². The number of benzene rings is 1. The predicted molar refractivity (Wildman–Crippen MR) is 74.4 cm³/mol. The molecule has 1 heterocycles. The molecular formula is C15H19NO3. The first kappa shape index (κ1) is 13.5. The van der Waals surface area contributed by atoms with Crippen LogP contribution >= 0.6 is 0 Å². The van der Waals surface area contributed by atoms with Crippen LogP contribution < -0.4 is 10.1 Å². The monoisotopic (exact) mass is 261 g/mol. The first-order valence-corrected chi connectivity index (χ1v) is 6.22. The zero-order valence-corrected chi connectivity index (χ0v) is 11.5. The van der Waals surface area contributed by atoms with Gasteiger partial charge in [0.15, 0.2) is 0 Å². The van der Waals surface area contributed by atoms with Gasteiger partial charge in [-0.15, -0.1) is 0 Å². The molecule has 2 rings (SSSR count). The van der Waals surface area contributed by atoms with Gasteiger partial charge in [0.2, 0.25) is 0 Å². The van der Waals surface area contributed by atoms with E-state index in [4.69, 9.17) is 14.3 Å². The first-order valence-electron chi connectivity index (χ1n) is 6.22. The Morgan fingerprint density at radius 2 is 1.89 bits per heavy atom. The topological polar surface area (TPSA) is 54.6 Å². The molecule has 4 nitrogen and oxygen atoms in total. The molecule has 0 unspecified atom stereocenters. The van der Waals surface area contributed by atoms with Gasteiger partial charge < -0.3 is 19.6 Å². The van der Waals surface area contributed by atoms with E-state index < -0.39 is 0 Å². The van der Waals surface area contributed by atoms with Gasteiger partial charge in [-0.05, 0) is 37.6 Å². The van der Waals surface area contributed by atoms with Gasteiger partial charge in [-0.3, -0.25) is 0 Å². The Labute approximate surface area is 113 Å². The van der Waals surface area contributed by atoms with E-state index in [1.54, 1.807) is 13.2 Å². The number of anilines is 1. The van der Waals surface area contributed by atoms with Gasteiger partial charge in [0.1, 0.15) is 23.9 Å². The number of aryl methyl sites for hydroxylation is 1. The van der Waals surface area contributed by atoms with E-state index in [0.717, 1.165) is 28.3 Å². The summed E-state index contributed by atoms with van der Waals surface area (Å²) in [4.78, 5) is 0. The molecule has 1 aromatic heterocycles. The lowest BCUT2D eigenvalue weighted by Crippen LogP contribution is -2.02. The van der Waals surface area contributed by atoms with Crippen LogP contribution in [0, 0.1) is 13.8 Å². The maximum atomic E-state index is 8.95. The van der Waals surface area contributed by atoms with Crippen molar-refractivity contribution in [1.29, 1.82) is 0 Å². The highest BCUT2D eigenvalue weighted by Gasteiger charge is 2.08. The average molecular weight is 261 g/mol. The Morgan fingerprint density at radius 3 is 2.53 bits per heavy atom. The molecular weight excluding hydrogens is 242 g/mol. The molecule has 0 saturated carbocycles. The van der Waals surface area contributed by atoms with Crippen LogP contribution in [-0.2, 0) is 13.2 Å². The zero-order valence-electron chi connectivity index (χ0n) is 11.5. The summed E-state index contributed by atoms with van der Waals surface area (Å²) in [6.45, 7) is 4.55. The number of furan rings is 1. The minimum absolute atomic E-state index is 0.0720. The lowest BCUT2D eigenvalue weighted by atomic mass is 10.1. The maximum Gasteiger partial charge on any atom is 0.129 e. The summed E-state index contributed by atoms with van der Waals surface area (Å²) in [5, 5.41) is 12.3. The van der Waals surface area contributed by atoms with Gasteiger partial charge in [-0.25, -0.2) is 0 Å². The molecule has 0 aliphatic carbocycles. The fraction of sp³-hybridized carbons (Fsp3) is 0.333. The van der Waals surface area contributed by atoms with E-state index >= 15 is 0 Å². The standard InChI is InChI=1S/C15H19NO3/c1-10-4-7-14(11(2)15(10)18-3)16-8-12-5-6-13(9-17)19-12/h4-7,16-17H,8-9H2,1-3H3. The van der Waals surface area contributed by atoms with E-state index in [0.29, 0.717) is 12.3 Å². The van der Waals surface area contributed by atoms with Crippen molar-refractivity contribution in [3.05, 3.63) is 46.9 Å². The van der Waals surface area contributed by atoms with Crippen LogP contribution in [0.1, 0.15) is 22.6 Å². The highest BCUT2D eigenvalue weighted by atomic mass is 16.5. The number of hydrogen-bond donors (Lipinski definition) is 2. The second-order valence-electron chi connectivity index (χ2n) is 4.47. The van der Waals surface area contributed by atoms with E-state index in [2.05, 4.69) is 5.32 Å². The fourth-order valence-corrected chi connectivity index (χ4v) is 2.12. The first-order chi connectivity index (χ1) is 9.15. The SMILES string of the molecule is COc1c(C)ccc(NCc2ccc(CO)o2)c1C. The van der Waals surface area contributed by atoms with Crippen molar-refractivity contribution in [1.82, 2.24) is 0 Å². The summed E-state index contributed by atoms with van der Waals surface area (Å²) in [5.74, 6) is 2.28. The summed E-state index contributed by atoms with van der Waals surface area (Å²) >= 11 is 0. The van der Waals surface area contributed by atoms with Crippen LogP contribution in [0.3, 0.4) is 0 Å². The zero-order chi connectivity index (χ0) is 13.8. The van der Waals surface area contributed by atoms with Crippen LogP contribution in [0.5, 0.6) is 5.75 Å². The van der Waals surface area contributed by atoms with Gasteiger partial charge in [-0.1, -0.05) is 6.07 Å². The van der Waals surface area contributed by atoms with Gasteiger partial charge in [-0.2, -0.15) is 0 Å². The summed E-state index contributed by atoms with van der Waals surface area (Å²) in [5.41, 5.74) is 3.21. The van der Waals surface area contributed by atoms with Crippen LogP contribution in [0.2, 0.25) is 0 Å². The summed E-state index contributed by atoms with van der Waals surface area (Å²) in [6.07, 6.45) is 0. The van der Waals surface area contributed by atoms with Gasteiger partial charge in [0.25, 0.3) is 0 Å². The molecule has 0 bridgehead atoms. The van der Waals surface area contributed by atoms with E-state index in [1.165, 1.54) is 0 Å². The molecule has 2 aromatic rings. The summed E-state index contributed by atoms with van der Waals surface area (Å²) < 4.78 is 10.8. The van der Waals surface area contributed by atoms with Crippen LogP contribution in [0.25, 0.3) is 0 Å². The molecule has 0 aliphatic rings. The number of aliphatic hydroxyl groups is 1. The normalized spacial score (nSPS) is 10.5. The van der Waals surface area contributed by atoms with Crippen molar-refractivity contribution < 1.29 is 14.3 Å². The molecule has 19 heavy (non-hydrogen) atoms. The largest absolute Gasteiger partial charge is 0.496 e. The summed E-state index contributed by atoms with van der Waals surface area (Å²) in [7, 11) is 1.68. The summed E-state index contributed by atoms with van der Waals surface area (Å²) in [6, 6.07) is 7.69. The van der Waals surface area contributed by atoms with E-state index in [-0.39, 0.29) is 6.61 Å². The molecule has 1 aromatic carbocycles. The Hall–Kier alpha value is -1.94. The molecule has 0 radical (unpaired) electrons. The molecule has 102 valence electrons. The van der Waals surface area contributed by atoms with Gasteiger partial charge in [0.05, 0.1) is 13.7 Å². The molecule has 0 aliphatic heterocycles. The Balaban J connectivity index is 2.11. The Kier molecular flexibility index (Phi) is 4.12. The Morgan fingerprint density at radius 1 is 1.16 bits per heavy atom. The third-order valence-corrected chi connectivity index (χ3v) is 3.13. The second-order valence-corrected chi connectivity index (χ2v) is 4.47. The van der Waals surface area contributed by atoms with Crippen molar-refractivity contribution in [2.75, 3.05) is 12.4 Å². The molecule has 2 N–H and O–H groups in total. The van der Waals surface area contributed by atoms with Crippen molar-refractivity contribution in [3.63, 3.8) is 0 Å². The molecule has 0 atom stereocenters. The predicted octanol–water partition coefficient (Wildman–Crippen LogP) is 3.01. The highest BCUT2D eigenvalue weighted by molar-refractivity contribution is 5.59. The van der Waals surface area contributed by atoms with Crippen LogP contribution in [0.4, 0.5) is 5.69 Å². The lowest BCUT2D eigenvalue weighted by Gasteiger charge is -2.14. The van der Waals surface area contributed by atoms with E-state index in [1.807, 2.05) is 32.0 Å². The minimum Gasteiger partial charge on any atom is -0.496 e.